The molecule has 3 aromatic carbocycles. The molecule has 0 aliphatic carbocycles. The lowest BCUT2D eigenvalue weighted by atomic mass is 10.2. The molecule has 2 N–H and O–H groups in total. The third kappa shape index (κ3) is 5.30. The van der Waals surface area contributed by atoms with Crippen molar-refractivity contribution in [3.63, 3.8) is 0 Å². The highest BCUT2D eigenvalue weighted by Gasteiger charge is 2.15. The van der Waals surface area contributed by atoms with Crippen LogP contribution in [-0.4, -0.2) is 29.1 Å². The summed E-state index contributed by atoms with van der Waals surface area (Å²) in [6.07, 6.45) is 0. The number of rotatable bonds is 9. The van der Waals surface area contributed by atoms with Crippen molar-refractivity contribution in [3.05, 3.63) is 86.6 Å². The van der Waals surface area contributed by atoms with E-state index < -0.39 is 0 Å². The Morgan fingerprint density at radius 1 is 0.971 bits per heavy atom. The third-order valence-corrected chi connectivity index (χ3v) is 5.85. The molecule has 0 saturated heterocycles. The van der Waals surface area contributed by atoms with Gasteiger partial charge in [-0.25, -0.2) is 9.77 Å². The van der Waals surface area contributed by atoms with Gasteiger partial charge < -0.3 is 19.6 Å². The van der Waals surface area contributed by atoms with E-state index in [0.29, 0.717) is 51.0 Å². The number of hydrogen-bond donors (Lipinski definition) is 2. The highest BCUT2D eigenvalue weighted by atomic mass is 35.5. The summed E-state index contributed by atoms with van der Waals surface area (Å²) < 4.78 is 19.1. The summed E-state index contributed by atoms with van der Waals surface area (Å²) >= 11 is 17.9. The lowest BCUT2D eigenvalue weighted by Gasteiger charge is -2.16. The first kappa shape index (κ1) is 23.9. The number of para-hydroxylation sites is 1. The maximum Gasteiger partial charge on any atom is 0.214 e. The van der Waals surface area contributed by atoms with Gasteiger partial charge in [0.2, 0.25) is 4.77 Å². The molecule has 176 valence electrons. The molecule has 0 saturated carbocycles. The van der Waals surface area contributed by atoms with Crippen molar-refractivity contribution in [2.24, 2.45) is 0 Å². The molecule has 10 heteroatoms. The standard InChI is InChI=1S/C24H22Cl2N4O3S/c1-31-20-6-4-3-5-18(20)23-28-29-24(34)30(23)27-13-16-11-19(26)22(21(12-16)32-2)33-14-15-7-9-17(25)10-8-15/h3-12,27H,13-14H2,1-2H3,(H,29,34). The number of ether oxygens (including phenoxy) is 3. The van der Waals surface area contributed by atoms with Crippen molar-refractivity contribution in [3.8, 4) is 28.6 Å². The third-order valence-electron chi connectivity index (χ3n) is 5.05. The molecule has 0 unspecified atom stereocenters. The van der Waals surface area contributed by atoms with Gasteiger partial charge in [0.25, 0.3) is 0 Å². The van der Waals surface area contributed by atoms with Crippen LogP contribution in [0.5, 0.6) is 17.2 Å². The van der Waals surface area contributed by atoms with E-state index in [9.17, 15) is 0 Å². The highest BCUT2D eigenvalue weighted by Crippen LogP contribution is 2.37. The lowest BCUT2D eigenvalue weighted by Crippen LogP contribution is -2.16. The monoisotopic (exact) mass is 516 g/mol. The molecule has 34 heavy (non-hydrogen) atoms. The van der Waals surface area contributed by atoms with Crippen LogP contribution in [0.25, 0.3) is 11.4 Å². The number of benzene rings is 3. The molecular weight excluding hydrogens is 495 g/mol. The van der Waals surface area contributed by atoms with Gasteiger partial charge in [-0.05, 0) is 59.7 Å². The minimum absolute atomic E-state index is 0.331. The van der Waals surface area contributed by atoms with E-state index in [1.807, 2.05) is 60.7 Å². The lowest BCUT2D eigenvalue weighted by molar-refractivity contribution is 0.284. The van der Waals surface area contributed by atoms with Gasteiger partial charge in [-0.2, -0.15) is 5.10 Å². The fourth-order valence-electron chi connectivity index (χ4n) is 3.38. The zero-order valence-corrected chi connectivity index (χ0v) is 20.8. The average Bonchev–Trinajstić information content (AvgIpc) is 3.22. The molecule has 7 nitrogen and oxygen atoms in total. The first-order valence-corrected chi connectivity index (χ1v) is 11.4. The Hall–Kier alpha value is -3.20. The normalized spacial score (nSPS) is 10.7. The first-order chi connectivity index (χ1) is 16.5. The summed E-state index contributed by atoms with van der Waals surface area (Å²) in [5.74, 6) is 2.28. The number of hydrogen-bond acceptors (Lipinski definition) is 6. The molecule has 0 aliphatic rings. The number of nitrogens with one attached hydrogen (secondary N) is 2. The number of halogens is 2. The molecule has 0 fully saturated rings. The van der Waals surface area contributed by atoms with Crippen molar-refractivity contribution in [1.29, 1.82) is 0 Å². The van der Waals surface area contributed by atoms with Crippen LogP contribution in [0.2, 0.25) is 10.0 Å². The van der Waals surface area contributed by atoms with Crippen molar-refractivity contribution >= 4 is 35.4 Å². The number of H-pyrrole nitrogens is 1. The molecule has 4 rings (SSSR count). The maximum atomic E-state index is 6.55. The average molecular weight is 517 g/mol. The Bertz CT molecular complexity index is 1340. The fourth-order valence-corrected chi connectivity index (χ4v) is 3.99. The van der Waals surface area contributed by atoms with Crippen LogP contribution in [-0.2, 0) is 13.2 Å². The topological polar surface area (TPSA) is 73.3 Å². The second-order valence-electron chi connectivity index (χ2n) is 7.25. The van der Waals surface area contributed by atoms with Gasteiger partial charge in [0, 0.05) is 5.02 Å². The van der Waals surface area contributed by atoms with Crippen LogP contribution in [0.1, 0.15) is 11.1 Å². The van der Waals surface area contributed by atoms with Crippen LogP contribution >= 0.6 is 35.4 Å². The molecule has 0 radical (unpaired) electrons. The van der Waals surface area contributed by atoms with Crippen molar-refractivity contribution in [2.45, 2.75) is 13.2 Å². The smallest absolute Gasteiger partial charge is 0.214 e. The van der Waals surface area contributed by atoms with Gasteiger partial charge in [0.15, 0.2) is 17.3 Å². The minimum Gasteiger partial charge on any atom is -0.496 e. The van der Waals surface area contributed by atoms with E-state index in [-0.39, 0.29) is 0 Å². The number of methoxy groups -OCH3 is 2. The first-order valence-electron chi connectivity index (χ1n) is 10.3. The minimum atomic E-state index is 0.331. The summed E-state index contributed by atoms with van der Waals surface area (Å²) in [7, 11) is 3.19. The summed E-state index contributed by atoms with van der Waals surface area (Å²) in [5, 5.41) is 8.28. The SMILES string of the molecule is COc1ccccc1-c1n[nH]c(=S)n1NCc1cc(Cl)c(OCc2ccc(Cl)cc2)c(OC)c1. The molecule has 0 amide bonds. The van der Waals surface area contributed by atoms with Crippen LogP contribution < -0.4 is 19.6 Å². The second kappa shape index (κ2) is 10.8. The largest absolute Gasteiger partial charge is 0.496 e. The molecule has 0 aliphatic heterocycles. The highest BCUT2D eigenvalue weighted by molar-refractivity contribution is 7.71. The quantitative estimate of drug-likeness (QED) is 0.256. The second-order valence-corrected chi connectivity index (χ2v) is 8.48. The Labute approximate surface area is 212 Å². The van der Waals surface area contributed by atoms with Crippen LogP contribution in [0.4, 0.5) is 0 Å². The van der Waals surface area contributed by atoms with Gasteiger partial charge in [0.1, 0.15) is 12.4 Å². The van der Waals surface area contributed by atoms with Crippen LogP contribution in [0, 0.1) is 4.77 Å². The predicted molar refractivity (Wildman–Crippen MR) is 136 cm³/mol. The Morgan fingerprint density at radius 2 is 1.71 bits per heavy atom. The van der Waals surface area contributed by atoms with E-state index >= 15 is 0 Å². The van der Waals surface area contributed by atoms with Gasteiger partial charge in [-0.3, -0.25) is 0 Å². The van der Waals surface area contributed by atoms with Crippen LogP contribution in [0.3, 0.4) is 0 Å². The van der Waals surface area contributed by atoms with E-state index in [4.69, 9.17) is 49.6 Å². The molecule has 1 aromatic heterocycles. The summed E-state index contributed by atoms with van der Waals surface area (Å²) in [6, 6.07) is 18.7. The van der Waals surface area contributed by atoms with Crippen LogP contribution in [0.15, 0.2) is 60.7 Å². The summed E-state index contributed by atoms with van der Waals surface area (Å²) in [6.45, 7) is 0.737. The summed E-state index contributed by atoms with van der Waals surface area (Å²) in [4.78, 5) is 0. The Morgan fingerprint density at radius 3 is 2.44 bits per heavy atom. The van der Waals surface area contributed by atoms with Gasteiger partial charge in [-0.15, -0.1) is 0 Å². The Kier molecular flexibility index (Phi) is 7.62. The van der Waals surface area contributed by atoms with E-state index in [0.717, 1.165) is 16.7 Å². The number of nitrogens with zero attached hydrogens (tertiary/aromatic N) is 2. The Balaban J connectivity index is 1.53. The molecule has 0 atom stereocenters. The molecule has 1 heterocycles. The van der Waals surface area contributed by atoms with Gasteiger partial charge in [0.05, 0.1) is 31.4 Å². The molecule has 4 aromatic rings. The zero-order valence-electron chi connectivity index (χ0n) is 18.5. The molecule has 0 bridgehead atoms. The predicted octanol–water partition coefficient (Wildman–Crippen LogP) is 6.25. The van der Waals surface area contributed by atoms with Crippen molar-refractivity contribution < 1.29 is 14.2 Å². The van der Waals surface area contributed by atoms with E-state index in [1.54, 1.807) is 18.9 Å². The number of aromatic nitrogens is 3. The molecule has 0 spiro atoms. The van der Waals surface area contributed by atoms with E-state index in [2.05, 4.69) is 15.6 Å². The van der Waals surface area contributed by atoms with E-state index in [1.165, 1.54) is 0 Å². The van der Waals surface area contributed by atoms with Gasteiger partial charge in [-0.1, -0.05) is 47.5 Å². The maximum absolute atomic E-state index is 6.55. The van der Waals surface area contributed by atoms with Crippen molar-refractivity contribution in [2.75, 3.05) is 19.6 Å². The fraction of sp³-hybridized carbons (Fsp3) is 0.167. The number of aromatic amines is 1. The molecular formula is C24H22Cl2N4O3S. The zero-order chi connectivity index (χ0) is 24.1. The summed E-state index contributed by atoms with van der Waals surface area (Å²) in [5.41, 5.74) is 5.92. The van der Waals surface area contributed by atoms with Crippen molar-refractivity contribution in [1.82, 2.24) is 14.9 Å². The van der Waals surface area contributed by atoms with Gasteiger partial charge >= 0.3 is 0 Å².